The number of carbonyl (C=O) groups excluding carboxylic acids is 2. The first-order valence-corrected chi connectivity index (χ1v) is 9.45. The normalized spacial score (nSPS) is 17.2. The maximum absolute atomic E-state index is 12.8. The molecule has 0 radical (unpaired) electrons. The highest BCUT2D eigenvalue weighted by molar-refractivity contribution is 5.91. The van der Waals surface area contributed by atoms with E-state index in [2.05, 4.69) is 5.32 Å². The number of quaternary nitrogens is 1. The number of nitrogens with zero attached hydrogens (tertiary/aromatic N) is 1. The number of anilines is 1. The molecule has 0 aromatic heterocycles. The van der Waals surface area contributed by atoms with Crippen LogP contribution in [-0.2, 0) is 9.59 Å². The second-order valence-corrected chi connectivity index (χ2v) is 7.27. The van der Waals surface area contributed by atoms with Crippen molar-refractivity contribution in [2.75, 3.05) is 33.1 Å². The molecule has 144 valence electrons. The second kappa shape index (κ2) is 9.57. The van der Waals surface area contributed by atoms with Gasteiger partial charge in [0, 0.05) is 24.8 Å². The minimum atomic E-state index is -0.252. The number of hydrogen-bond donors (Lipinski definition) is 2. The molecule has 1 aliphatic rings. The van der Waals surface area contributed by atoms with E-state index in [1.54, 1.807) is 13.2 Å². The van der Waals surface area contributed by atoms with Gasteiger partial charge in [-0.05, 0) is 31.9 Å². The lowest BCUT2D eigenvalue weighted by molar-refractivity contribution is -0.886. The highest BCUT2D eigenvalue weighted by atomic mass is 16.5. The van der Waals surface area contributed by atoms with Crippen molar-refractivity contribution < 1.29 is 19.2 Å². The van der Waals surface area contributed by atoms with Crippen molar-refractivity contribution in [1.82, 2.24) is 4.90 Å². The average Bonchev–Trinajstić information content (AvgIpc) is 2.66. The molecule has 6 nitrogen and oxygen atoms in total. The van der Waals surface area contributed by atoms with Crippen LogP contribution in [0.3, 0.4) is 0 Å². The lowest BCUT2D eigenvalue weighted by Crippen LogP contribution is -3.15. The van der Waals surface area contributed by atoms with Crippen molar-refractivity contribution in [2.45, 2.75) is 51.1 Å². The monoisotopic (exact) mass is 362 g/mol. The van der Waals surface area contributed by atoms with Gasteiger partial charge < -0.3 is 19.9 Å². The summed E-state index contributed by atoms with van der Waals surface area (Å²) in [7, 11) is 5.38. The predicted octanol–water partition coefficient (Wildman–Crippen LogP) is 1.33. The summed E-state index contributed by atoms with van der Waals surface area (Å²) in [5.41, 5.74) is 0.695. The Kier molecular flexibility index (Phi) is 7.45. The van der Waals surface area contributed by atoms with Crippen molar-refractivity contribution in [3.8, 4) is 5.75 Å². The molecule has 2 atom stereocenters. The Morgan fingerprint density at radius 2 is 2.00 bits per heavy atom. The lowest BCUT2D eigenvalue weighted by atomic mass is 9.94. The maximum atomic E-state index is 12.8. The Morgan fingerprint density at radius 3 is 2.65 bits per heavy atom. The summed E-state index contributed by atoms with van der Waals surface area (Å²) in [5.74, 6) is 0.695. The molecule has 6 heteroatoms. The number of benzene rings is 1. The van der Waals surface area contributed by atoms with Crippen molar-refractivity contribution in [2.24, 2.45) is 0 Å². The molecule has 1 aromatic carbocycles. The van der Waals surface area contributed by atoms with Crippen molar-refractivity contribution >= 4 is 17.5 Å². The molecule has 0 aliphatic heterocycles. The molecular weight excluding hydrogens is 330 g/mol. The first-order chi connectivity index (χ1) is 12.4. The first-order valence-electron chi connectivity index (χ1n) is 9.45. The molecule has 0 bridgehead atoms. The minimum Gasteiger partial charge on any atom is -0.497 e. The van der Waals surface area contributed by atoms with E-state index < -0.39 is 0 Å². The van der Waals surface area contributed by atoms with Crippen LogP contribution in [0.25, 0.3) is 0 Å². The van der Waals surface area contributed by atoms with Gasteiger partial charge in [0.25, 0.3) is 11.8 Å². The van der Waals surface area contributed by atoms with Gasteiger partial charge in [0.1, 0.15) is 5.75 Å². The standard InChI is InChI=1S/C20H31N3O3/c1-15(20(25)23(3)17-10-6-5-7-11-17)22(2)14-19(24)21-16-9-8-12-18(13-16)26-4/h8-9,12-13,15,17H,5-7,10-11,14H2,1-4H3,(H,21,24)/p+1/t15-/m1/s1. The van der Waals surface area contributed by atoms with Gasteiger partial charge in [-0.15, -0.1) is 0 Å². The molecule has 1 fully saturated rings. The fourth-order valence-corrected chi connectivity index (χ4v) is 3.48. The van der Waals surface area contributed by atoms with Crippen molar-refractivity contribution in [3.05, 3.63) is 24.3 Å². The molecule has 1 aliphatic carbocycles. The van der Waals surface area contributed by atoms with Crippen LogP contribution in [0, 0.1) is 0 Å². The van der Waals surface area contributed by atoms with E-state index in [0.717, 1.165) is 17.7 Å². The highest BCUT2D eigenvalue weighted by Crippen LogP contribution is 2.21. The van der Waals surface area contributed by atoms with Gasteiger partial charge in [0.2, 0.25) is 0 Å². The van der Waals surface area contributed by atoms with Crippen LogP contribution < -0.4 is 15.0 Å². The molecule has 26 heavy (non-hydrogen) atoms. The van der Waals surface area contributed by atoms with Crippen LogP contribution in [0.4, 0.5) is 5.69 Å². The fraction of sp³-hybridized carbons (Fsp3) is 0.600. The van der Waals surface area contributed by atoms with E-state index in [1.807, 2.05) is 44.1 Å². The van der Waals surface area contributed by atoms with E-state index in [4.69, 9.17) is 4.74 Å². The largest absolute Gasteiger partial charge is 0.497 e. The summed E-state index contributed by atoms with van der Waals surface area (Å²) in [5, 5.41) is 2.87. The predicted molar refractivity (Wildman–Crippen MR) is 102 cm³/mol. The van der Waals surface area contributed by atoms with Crippen LogP contribution in [0.2, 0.25) is 0 Å². The van der Waals surface area contributed by atoms with Gasteiger partial charge in [0.05, 0.1) is 14.2 Å². The van der Waals surface area contributed by atoms with Crippen LogP contribution >= 0.6 is 0 Å². The third-order valence-corrected chi connectivity index (χ3v) is 5.37. The Morgan fingerprint density at radius 1 is 1.31 bits per heavy atom. The smallest absolute Gasteiger partial charge is 0.280 e. The molecule has 0 saturated heterocycles. The van der Waals surface area contributed by atoms with Crippen molar-refractivity contribution in [1.29, 1.82) is 0 Å². The number of ether oxygens (including phenoxy) is 1. The second-order valence-electron chi connectivity index (χ2n) is 7.27. The summed E-state index contributed by atoms with van der Waals surface area (Å²) in [6, 6.07) is 7.35. The number of amides is 2. The van der Waals surface area contributed by atoms with Gasteiger partial charge >= 0.3 is 0 Å². The van der Waals surface area contributed by atoms with Crippen LogP contribution in [0.15, 0.2) is 24.3 Å². The Balaban J connectivity index is 1.87. The summed E-state index contributed by atoms with van der Waals surface area (Å²) >= 11 is 0. The molecule has 2 rings (SSSR count). The summed E-state index contributed by atoms with van der Waals surface area (Å²) in [6.07, 6.45) is 5.84. The topological polar surface area (TPSA) is 63.1 Å². The molecule has 1 saturated carbocycles. The number of hydrogen-bond acceptors (Lipinski definition) is 3. The Hall–Kier alpha value is -2.08. The van der Waals surface area contributed by atoms with Crippen LogP contribution in [-0.4, -0.2) is 56.5 Å². The molecule has 2 N–H and O–H groups in total. The Labute approximate surface area is 156 Å². The zero-order valence-corrected chi connectivity index (χ0v) is 16.4. The SMILES string of the molecule is COc1cccc(NC(=O)C[NH+](C)[C@H](C)C(=O)N(C)C2CCCCC2)c1. The lowest BCUT2D eigenvalue weighted by Gasteiger charge is -2.33. The fourth-order valence-electron chi connectivity index (χ4n) is 3.48. The number of rotatable bonds is 7. The van der Waals surface area contributed by atoms with Crippen LogP contribution in [0.5, 0.6) is 5.75 Å². The van der Waals surface area contributed by atoms with E-state index >= 15 is 0 Å². The molecule has 1 unspecified atom stereocenters. The third kappa shape index (κ3) is 5.46. The van der Waals surface area contributed by atoms with Crippen molar-refractivity contribution in [3.63, 3.8) is 0 Å². The van der Waals surface area contributed by atoms with Gasteiger partial charge in [-0.3, -0.25) is 9.59 Å². The third-order valence-electron chi connectivity index (χ3n) is 5.37. The molecule has 0 heterocycles. The molecular formula is C20H32N3O3+. The zero-order chi connectivity index (χ0) is 19.1. The highest BCUT2D eigenvalue weighted by Gasteiger charge is 2.30. The molecule has 2 amide bonds. The molecule has 1 aromatic rings. The number of likely N-dealkylation sites (N-methyl/N-ethyl adjacent to an activating group) is 2. The number of nitrogens with one attached hydrogen (secondary N) is 2. The quantitative estimate of drug-likeness (QED) is 0.769. The van der Waals surface area contributed by atoms with Gasteiger partial charge in [-0.1, -0.05) is 25.3 Å². The van der Waals surface area contributed by atoms with E-state index in [1.165, 1.54) is 19.3 Å². The zero-order valence-electron chi connectivity index (χ0n) is 16.4. The Bertz CT molecular complexity index is 614. The van der Waals surface area contributed by atoms with E-state index in [0.29, 0.717) is 17.5 Å². The summed E-state index contributed by atoms with van der Waals surface area (Å²) < 4.78 is 5.16. The van der Waals surface area contributed by atoms with Crippen LogP contribution in [0.1, 0.15) is 39.0 Å². The van der Waals surface area contributed by atoms with E-state index in [-0.39, 0.29) is 24.4 Å². The maximum Gasteiger partial charge on any atom is 0.280 e. The van der Waals surface area contributed by atoms with E-state index in [9.17, 15) is 9.59 Å². The number of methoxy groups -OCH3 is 1. The number of carbonyl (C=O) groups is 2. The van der Waals surface area contributed by atoms with Gasteiger partial charge in [-0.2, -0.15) is 0 Å². The minimum absolute atomic E-state index is 0.114. The summed E-state index contributed by atoms with van der Waals surface area (Å²) in [4.78, 5) is 27.9. The molecule has 0 spiro atoms. The first kappa shape index (κ1) is 20.2. The summed E-state index contributed by atoms with van der Waals surface area (Å²) in [6.45, 7) is 2.14. The van der Waals surface area contributed by atoms with Gasteiger partial charge in [0.15, 0.2) is 12.6 Å². The van der Waals surface area contributed by atoms with Gasteiger partial charge in [-0.25, -0.2) is 0 Å². The average molecular weight is 362 g/mol.